The predicted molar refractivity (Wildman–Crippen MR) is 72.1 cm³/mol. The SMILES string of the molecule is COc1cc(C(=O)NCCN(C)C)cc(OC)c1O. The zero-order valence-electron chi connectivity index (χ0n) is 11.7. The van der Waals surface area contributed by atoms with Crippen LogP contribution in [0.15, 0.2) is 12.1 Å². The minimum atomic E-state index is -0.238. The highest BCUT2D eigenvalue weighted by Crippen LogP contribution is 2.36. The lowest BCUT2D eigenvalue weighted by atomic mass is 10.1. The molecule has 0 aliphatic heterocycles. The summed E-state index contributed by atoms with van der Waals surface area (Å²) in [6.07, 6.45) is 0. The quantitative estimate of drug-likeness (QED) is 0.794. The Hall–Kier alpha value is -1.95. The zero-order chi connectivity index (χ0) is 14.4. The van der Waals surface area contributed by atoms with E-state index in [1.165, 1.54) is 26.4 Å². The van der Waals surface area contributed by atoms with Crippen LogP contribution in [0.3, 0.4) is 0 Å². The molecule has 0 radical (unpaired) electrons. The number of hydrogen-bond donors (Lipinski definition) is 2. The summed E-state index contributed by atoms with van der Waals surface area (Å²) >= 11 is 0. The summed E-state index contributed by atoms with van der Waals surface area (Å²) in [6.45, 7) is 1.29. The fourth-order valence-corrected chi connectivity index (χ4v) is 1.52. The van der Waals surface area contributed by atoms with Crippen molar-refractivity contribution in [3.8, 4) is 17.2 Å². The highest BCUT2D eigenvalue weighted by molar-refractivity contribution is 5.95. The van der Waals surface area contributed by atoms with Gasteiger partial charge >= 0.3 is 0 Å². The second-order valence-electron chi connectivity index (χ2n) is 4.29. The van der Waals surface area contributed by atoms with Crippen LogP contribution in [0.1, 0.15) is 10.4 Å². The number of carbonyl (C=O) groups excluding carboxylic acids is 1. The Balaban J connectivity index is 2.85. The second-order valence-corrected chi connectivity index (χ2v) is 4.29. The number of phenols is 1. The molecule has 6 heteroatoms. The molecule has 6 nitrogen and oxygen atoms in total. The summed E-state index contributed by atoms with van der Waals surface area (Å²) in [6, 6.07) is 2.95. The molecule has 0 aromatic heterocycles. The van der Waals surface area contributed by atoms with Crippen LogP contribution < -0.4 is 14.8 Å². The van der Waals surface area contributed by atoms with Crippen molar-refractivity contribution < 1.29 is 19.4 Å². The second kappa shape index (κ2) is 6.84. The minimum absolute atomic E-state index is 0.116. The Labute approximate surface area is 112 Å². The summed E-state index contributed by atoms with van der Waals surface area (Å²) in [7, 11) is 6.70. The molecule has 1 aromatic rings. The number of hydrogen-bond acceptors (Lipinski definition) is 5. The highest BCUT2D eigenvalue weighted by atomic mass is 16.5. The van der Waals surface area contributed by atoms with E-state index in [1.807, 2.05) is 19.0 Å². The lowest BCUT2D eigenvalue weighted by Gasteiger charge is -2.13. The van der Waals surface area contributed by atoms with Gasteiger partial charge in [0.15, 0.2) is 11.5 Å². The van der Waals surface area contributed by atoms with Crippen molar-refractivity contribution >= 4 is 5.91 Å². The molecule has 0 spiro atoms. The van der Waals surface area contributed by atoms with Crippen molar-refractivity contribution in [3.63, 3.8) is 0 Å². The number of ether oxygens (including phenoxy) is 2. The molecule has 2 N–H and O–H groups in total. The van der Waals surface area contributed by atoms with E-state index in [9.17, 15) is 9.90 Å². The molecule has 0 bridgehead atoms. The third-order valence-corrected chi connectivity index (χ3v) is 2.59. The van der Waals surface area contributed by atoms with E-state index >= 15 is 0 Å². The van der Waals surface area contributed by atoms with Crippen molar-refractivity contribution in [2.24, 2.45) is 0 Å². The smallest absolute Gasteiger partial charge is 0.251 e. The molecule has 0 aliphatic carbocycles. The molecule has 0 atom stereocenters. The number of likely N-dealkylation sites (N-methyl/N-ethyl adjacent to an activating group) is 1. The number of benzene rings is 1. The summed E-state index contributed by atoms with van der Waals surface area (Å²) in [5.74, 6) is 0.0579. The first-order chi connectivity index (χ1) is 8.99. The first-order valence-corrected chi connectivity index (χ1v) is 5.87. The number of carbonyl (C=O) groups is 1. The van der Waals surface area contributed by atoms with E-state index in [0.717, 1.165) is 6.54 Å². The van der Waals surface area contributed by atoms with Gasteiger partial charge in [-0.05, 0) is 26.2 Å². The van der Waals surface area contributed by atoms with Crippen LogP contribution in [-0.4, -0.2) is 57.3 Å². The number of methoxy groups -OCH3 is 2. The maximum atomic E-state index is 12.0. The van der Waals surface area contributed by atoms with Crippen LogP contribution in [0, 0.1) is 0 Å². The topological polar surface area (TPSA) is 71.0 Å². The number of phenolic OH excluding ortho intramolecular Hbond substituents is 1. The lowest BCUT2D eigenvalue weighted by Crippen LogP contribution is -2.31. The van der Waals surface area contributed by atoms with Crippen molar-refractivity contribution in [2.45, 2.75) is 0 Å². The number of nitrogens with zero attached hydrogens (tertiary/aromatic N) is 1. The maximum Gasteiger partial charge on any atom is 0.251 e. The van der Waals surface area contributed by atoms with Crippen LogP contribution in [0.25, 0.3) is 0 Å². The molecule has 0 aliphatic rings. The van der Waals surface area contributed by atoms with Gasteiger partial charge in [-0.2, -0.15) is 0 Å². The molecule has 19 heavy (non-hydrogen) atoms. The van der Waals surface area contributed by atoms with E-state index in [0.29, 0.717) is 12.1 Å². The van der Waals surface area contributed by atoms with Gasteiger partial charge in [-0.25, -0.2) is 0 Å². The molecule has 1 amide bonds. The Morgan fingerprint density at radius 2 is 1.79 bits per heavy atom. The average Bonchev–Trinajstić information content (AvgIpc) is 2.38. The van der Waals surface area contributed by atoms with Gasteiger partial charge in [0.25, 0.3) is 5.91 Å². The van der Waals surface area contributed by atoms with Gasteiger partial charge < -0.3 is 24.8 Å². The van der Waals surface area contributed by atoms with Crippen LogP contribution in [0.4, 0.5) is 0 Å². The molecule has 1 aromatic carbocycles. The van der Waals surface area contributed by atoms with Gasteiger partial charge in [0.05, 0.1) is 14.2 Å². The standard InChI is InChI=1S/C13H20N2O4/c1-15(2)6-5-14-13(17)9-7-10(18-3)12(16)11(8-9)19-4/h7-8,16H,5-6H2,1-4H3,(H,14,17). The Morgan fingerprint density at radius 1 is 1.26 bits per heavy atom. The van der Waals surface area contributed by atoms with Gasteiger partial charge in [0.1, 0.15) is 0 Å². The molecule has 106 valence electrons. The Kier molecular flexibility index (Phi) is 5.44. The van der Waals surface area contributed by atoms with E-state index < -0.39 is 0 Å². The molecule has 1 rings (SSSR count). The van der Waals surface area contributed by atoms with Crippen molar-refractivity contribution in [3.05, 3.63) is 17.7 Å². The molecular formula is C13H20N2O4. The molecule has 0 fully saturated rings. The summed E-state index contributed by atoms with van der Waals surface area (Å²) in [5, 5.41) is 12.5. The normalized spacial score (nSPS) is 10.4. The lowest BCUT2D eigenvalue weighted by molar-refractivity contribution is 0.0950. The van der Waals surface area contributed by atoms with Gasteiger partial charge in [-0.3, -0.25) is 4.79 Å². The molecular weight excluding hydrogens is 248 g/mol. The van der Waals surface area contributed by atoms with E-state index in [1.54, 1.807) is 0 Å². The van der Waals surface area contributed by atoms with Gasteiger partial charge in [0, 0.05) is 18.7 Å². The van der Waals surface area contributed by atoms with Crippen molar-refractivity contribution in [1.29, 1.82) is 0 Å². The number of nitrogens with one attached hydrogen (secondary N) is 1. The van der Waals surface area contributed by atoms with Gasteiger partial charge in [-0.1, -0.05) is 0 Å². The highest BCUT2D eigenvalue weighted by Gasteiger charge is 2.15. The fraction of sp³-hybridized carbons (Fsp3) is 0.462. The van der Waals surface area contributed by atoms with E-state index in [4.69, 9.17) is 9.47 Å². The number of rotatable bonds is 6. The average molecular weight is 268 g/mol. The van der Waals surface area contributed by atoms with Crippen LogP contribution in [-0.2, 0) is 0 Å². The molecule has 0 saturated heterocycles. The first-order valence-electron chi connectivity index (χ1n) is 5.87. The zero-order valence-corrected chi connectivity index (χ0v) is 11.7. The van der Waals surface area contributed by atoms with Crippen molar-refractivity contribution in [2.75, 3.05) is 41.4 Å². The monoisotopic (exact) mass is 268 g/mol. The van der Waals surface area contributed by atoms with Gasteiger partial charge in [0.2, 0.25) is 5.75 Å². The molecule has 0 saturated carbocycles. The maximum absolute atomic E-state index is 12.0. The van der Waals surface area contributed by atoms with Crippen molar-refractivity contribution in [1.82, 2.24) is 10.2 Å². The minimum Gasteiger partial charge on any atom is -0.502 e. The summed E-state index contributed by atoms with van der Waals surface area (Å²) < 4.78 is 10.0. The Morgan fingerprint density at radius 3 is 2.21 bits per heavy atom. The summed E-state index contributed by atoms with van der Waals surface area (Å²) in [4.78, 5) is 13.9. The van der Waals surface area contributed by atoms with Crippen LogP contribution >= 0.6 is 0 Å². The molecule has 0 unspecified atom stereocenters. The largest absolute Gasteiger partial charge is 0.502 e. The van der Waals surface area contributed by atoms with Crippen LogP contribution in [0.2, 0.25) is 0 Å². The van der Waals surface area contributed by atoms with Gasteiger partial charge in [-0.15, -0.1) is 0 Å². The third kappa shape index (κ3) is 4.03. The Bertz CT molecular complexity index is 421. The van der Waals surface area contributed by atoms with Crippen LogP contribution in [0.5, 0.6) is 17.2 Å². The molecule has 0 heterocycles. The number of aromatic hydroxyl groups is 1. The van der Waals surface area contributed by atoms with E-state index in [2.05, 4.69) is 5.32 Å². The number of amides is 1. The predicted octanol–water partition coefficient (Wildman–Crippen LogP) is 0.701. The third-order valence-electron chi connectivity index (χ3n) is 2.59. The first kappa shape index (κ1) is 15.1. The van der Waals surface area contributed by atoms with E-state index in [-0.39, 0.29) is 23.2 Å². The fourth-order valence-electron chi connectivity index (χ4n) is 1.52. The summed E-state index contributed by atoms with van der Waals surface area (Å²) in [5.41, 5.74) is 0.380.